The van der Waals surface area contributed by atoms with Crippen LogP contribution in [0.15, 0.2) is 24.3 Å². The molecule has 0 fully saturated rings. The highest BCUT2D eigenvalue weighted by Crippen LogP contribution is 2.24. The summed E-state index contributed by atoms with van der Waals surface area (Å²) in [7, 11) is 0. The number of halogens is 2. The van der Waals surface area contributed by atoms with E-state index in [4.69, 9.17) is 16.3 Å². The molecular formula is C14H14ClFN2O. The molecule has 0 N–H and O–H groups in total. The molecule has 0 aliphatic rings. The zero-order valence-corrected chi connectivity index (χ0v) is 11.5. The van der Waals surface area contributed by atoms with Crippen LogP contribution in [0.4, 0.5) is 4.39 Å². The summed E-state index contributed by atoms with van der Waals surface area (Å²) in [5.74, 6) is 0.190. The summed E-state index contributed by atoms with van der Waals surface area (Å²) in [6.07, 6.45) is 0. The molecule has 0 saturated carbocycles. The van der Waals surface area contributed by atoms with Gasteiger partial charge in [-0.15, -0.1) is 0 Å². The molecule has 0 radical (unpaired) electrons. The molecule has 1 aromatic heterocycles. The molecule has 0 amide bonds. The largest absolute Gasteiger partial charge is 0.374 e. The average molecular weight is 281 g/mol. The van der Waals surface area contributed by atoms with E-state index < -0.39 is 0 Å². The lowest BCUT2D eigenvalue weighted by atomic mass is 10.1. The van der Waals surface area contributed by atoms with Crippen molar-refractivity contribution < 1.29 is 9.13 Å². The highest BCUT2D eigenvalue weighted by molar-refractivity contribution is 6.29. The summed E-state index contributed by atoms with van der Waals surface area (Å²) in [5, 5.41) is 0.323. The molecule has 5 heteroatoms. The topological polar surface area (TPSA) is 35.0 Å². The molecule has 2 rings (SSSR count). The maximum Gasteiger partial charge on any atom is 0.156 e. The Balaban J connectivity index is 2.43. The van der Waals surface area contributed by atoms with Gasteiger partial charge in [0.25, 0.3) is 0 Å². The maximum absolute atomic E-state index is 13.3. The van der Waals surface area contributed by atoms with Gasteiger partial charge in [0.05, 0.1) is 5.69 Å². The van der Waals surface area contributed by atoms with Gasteiger partial charge in [-0.25, -0.2) is 14.4 Å². The molecule has 2 aromatic rings. The normalized spacial score (nSPS) is 10.7. The number of aryl methyl sites for hydroxylation is 1. The molecule has 100 valence electrons. The Bertz CT molecular complexity index is 590. The predicted octanol–water partition coefficient (Wildman–Crippen LogP) is 3.78. The number of hydrogen-bond acceptors (Lipinski definition) is 3. The molecule has 0 aliphatic heterocycles. The van der Waals surface area contributed by atoms with Crippen LogP contribution in [0.2, 0.25) is 5.15 Å². The number of nitrogens with zero attached hydrogens (tertiary/aromatic N) is 2. The van der Waals surface area contributed by atoms with E-state index in [2.05, 4.69) is 9.97 Å². The van der Waals surface area contributed by atoms with Crippen molar-refractivity contribution in [1.82, 2.24) is 9.97 Å². The van der Waals surface area contributed by atoms with E-state index in [0.717, 1.165) is 5.56 Å². The monoisotopic (exact) mass is 280 g/mol. The minimum atomic E-state index is -0.304. The summed E-state index contributed by atoms with van der Waals surface area (Å²) in [5.41, 5.74) is 2.24. The number of aromatic nitrogens is 2. The molecule has 0 spiro atoms. The summed E-state index contributed by atoms with van der Waals surface area (Å²) in [6, 6.07) is 6.20. The molecule has 19 heavy (non-hydrogen) atoms. The Morgan fingerprint density at radius 3 is 2.79 bits per heavy atom. The van der Waals surface area contributed by atoms with Crippen molar-refractivity contribution in [1.29, 1.82) is 0 Å². The van der Waals surface area contributed by atoms with E-state index in [0.29, 0.717) is 35.4 Å². The summed E-state index contributed by atoms with van der Waals surface area (Å²) >= 11 is 5.97. The van der Waals surface area contributed by atoms with Crippen LogP contribution in [-0.4, -0.2) is 16.6 Å². The predicted molar refractivity (Wildman–Crippen MR) is 72.5 cm³/mol. The van der Waals surface area contributed by atoms with E-state index in [1.54, 1.807) is 12.1 Å². The van der Waals surface area contributed by atoms with Crippen molar-refractivity contribution in [2.24, 2.45) is 0 Å². The molecule has 1 heterocycles. The fourth-order valence-corrected chi connectivity index (χ4v) is 1.93. The van der Waals surface area contributed by atoms with Gasteiger partial charge in [-0.3, -0.25) is 0 Å². The standard InChI is InChI=1S/C14H14ClFN2O/c1-3-19-8-14-17-12(7-13(15)18-14)11-6-10(16)5-4-9(11)2/h4-7H,3,8H2,1-2H3. The third-order valence-electron chi connectivity index (χ3n) is 2.65. The first-order valence-corrected chi connectivity index (χ1v) is 6.35. The first kappa shape index (κ1) is 13.9. The Morgan fingerprint density at radius 2 is 2.05 bits per heavy atom. The second-order valence-corrected chi connectivity index (χ2v) is 4.48. The van der Waals surface area contributed by atoms with Crippen molar-refractivity contribution in [3.8, 4) is 11.3 Å². The second-order valence-electron chi connectivity index (χ2n) is 4.09. The first-order chi connectivity index (χ1) is 9.10. The Morgan fingerprint density at radius 1 is 1.26 bits per heavy atom. The minimum Gasteiger partial charge on any atom is -0.374 e. The third-order valence-corrected chi connectivity index (χ3v) is 2.85. The van der Waals surface area contributed by atoms with Gasteiger partial charge < -0.3 is 4.74 Å². The summed E-state index contributed by atoms with van der Waals surface area (Å²) < 4.78 is 18.6. The highest BCUT2D eigenvalue weighted by atomic mass is 35.5. The van der Waals surface area contributed by atoms with E-state index in [1.165, 1.54) is 12.1 Å². The zero-order chi connectivity index (χ0) is 13.8. The van der Waals surface area contributed by atoms with Crippen LogP contribution in [0.3, 0.4) is 0 Å². The van der Waals surface area contributed by atoms with Gasteiger partial charge in [0.1, 0.15) is 17.6 Å². The quantitative estimate of drug-likeness (QED) is 0.800. The lowest BCUT2D eigenvalue weighted by Gasteiger charge is -2.08. The molecule has 0 bridgehead atoms. The third kappa shape index (κ3) is 3.49. The molecular weight excluding hydrogens is 267 g/mol. The number of ether oxygens (including phenoxy) is 1. The Kier molecular flexibility index (Phi) is 4.45. The fourth-order valence-electron chi connectivity index (χ4n) is 1.73. The molecule has 0 atom stereocenters. The Hall–Kier alpha value is -1.52. The SMILES string of the molecule is CCOCc1nc(Cl)cc(-c2cc(F)ccc2C)n1. The van der Waals surface area contributed by atoms with Gasteiger partial charge in [-0.2, -0.15) is 0 Å². The highest BCUT2D eigenvalue weighted by Gasteiger charge is 2.09. The van der Waals surface area contributed by atoms with Crippen molar-refractivity contribution in [2.75, 3.05) is 6.61 Å². The van der Waals surface area contributed by atoms with Gasteiger partial charge in [0.15, 0.2) is 5.82 Å². The first-order valence-electron chi connectivity index (χ1n) is 5.98. The maximum atomic E-state index is 13.3. The van der Waals surface area contributed by atoms with E-state index in [9.17, 15) is 4.39 Å². The van der Waals surface area contributed by atoms with Gasteiger partial charge in [0.2, 0.25) is 0 Å². The lowest BCUT2D eigenvalue weighted by molar-refractivity contribution is 0.128. The van der Waals surface area contributed by atoms with Crippen LogP contribution in [-0.2, 0) is 11.3 Å². The van der Waals surface area contributed by atoms with Crippen LogP contribution in [0.1, 0.15) is 18.3 Å². The van der Waals surface area contributed by atoms with Gasteiger partial charge in [-0.1, -0.05) is 17.7 Å². The van der Waals surface area contributed by atoms with E-state index >= 15 is 0 Å². The number of rotatable bonds is 4. The number of hydrogen-bond donors (Lipinski definition) is 0. The van der Waals surface area contributed by atoms with Gasteiger partial charge in [0, 0.05) is 18.2 Å². The summed E-state index contributed by atoms with van der Waals surface area (Å²) in [4.78, 5) is 8.44. The summed E-state index contributed by atoms with van der Waals surface area (Å²) in [6.45, 7) is 4.65. The van der Waals surface area contributed by atoms with E-state index in [-0.39, 0.29) is 5.82 Å². The van der Waals surface area contributed by atoms with Crippen molar-refractivity contribution in [3.63, 3.8) is 0 Å². The zero-order valence-electron chi connectivity index (χ0n) is 10.8. The molecule has 1 aromatic carbocycles. The van der Waals surface area contributed by atoms with E-state index in [1.807, 2.05) is 13.8 Å². The van der Waals surface area contributed by atoms with Crippen LogP contribution < -0.4 is 0 Å². The van der Waals surface area contributed by atoms with Gasteiger partial charge >= 0.3 is 0 Å². The molecule has 0 unspecified atom stereocenters. The Labute approximate surface area is 116 Å². The van der Waals surface area contributed by atoms with Crippen molar-refractivity contribution >= 4 is 11.6 Å². The minimum absolute atomic E-state index is 0.290. The molecule has 3 nitrogen and oxygen atoms in total. The van der Waals surface area contributed by atoms with Crippen LogP contribution in [0.25, 0.3) is 11.3 Å². The van der Waals surface area contributed by atoms with Crippen molar-refractivity contribution in [3.05, 3.63) is 46.6 Å². The molecule has 0 aliphatic carbocycles. The smallest absolute Gasteiger partial charge is 0.156 e. The average Bonchev–Trinajstić information content (AvgIpc) is 2.38. The fraction of sp³-hybridized carbons (Fsp3) is 0.286. The second kappa shape index (κ2) is 6.08. The van der Waals surface area contributed by atoms with Gasteiger partial charge in [-0.05, 0) is 31.5 Å². The lowest BCUT2D eigenvalue weighted by Crippen LogP contribution is -2.01. The van der Waals surface area contributed by atoms with Crippen LogP contribution in [0.5, 0.6) is 0 Å². The number of benzene rings is 1. The molecule has 0 saturated heterocycles. The van der Waals surface area contributed by atoms with Crippen LogP contribution >= 0.6 is 11.6 Å². The van der Waals surface area contributed by atoms with Crippen molar-refractivity contribution in [2.45, 2.75) is 20.5 Å². The van der Waals surface area contributed by atoms with Crippen LogP contribution in [0, 0.1) is 12.7 Å².